The maximum atomic E-state index is 11.6. The number of ether oxygens (including phenoxy) is 2. The summed E-state index contributed by atoms with van der Waals surface area (Å²) in [7, 11) is 0. The molecule has 0 fully saturated rings. The molecule has 0 radical (unpaired) electrons. The Balaban J connectivity index is 2.67. The van der Waals surface area contributed by atoms with E-state index in [1.54, 1.807) is 24.3 Å². The Bertz CT molecular complexity index is 469. The average Bonchev–Trinajstić information content (AvgIpc) is 2.26. The molecule has 0 heterocycles. The van der Waals surface area contributed by atoms with E-state index in [1.807, 2.05) is 27.0 Å². The first-order valence-corrected chi connectivity index (χ1v) is 7.29. The van der Waals surface area contributed by atoms with Gasteiger partial charge in [-0.25, -0.2) is 4.79 Å². The van der Waals surface area contributed by atoms with Gasteiger partial charge in [-0.2, -0.15) is 0 Å². The number of amides is 1. The van der Waals surface area contributed by atoms with Gasteiger partial charge in [0.05, 0.1) is 0 Å². The molecule has 1 aromatic carbocycles. The summed E-state index contributed by atoms with van der Waals surface area (Å²) in [6.07, 6.45) is 1.34. The van der Waals surface area contributed by atoms with Gasteiger partial charge in [-0.1, -0.05) is 17.8 Å². The van der Waals surface area contributed by atoms with Crippen LogP contribution in [0.25, 0.3) is 0 Å². The van der Waals surface area contributed by atoms with E-state index < -0.39 is 11.7 Å². The summed E-state index contributed by atoms with van der Waals surface area (Å²) < 4.78 is 11.0. The van der Waals surface area contributed by atoms with Crippen LogP contribution in [-0.2, 0) is 4.74 Å². The van der Waals surface area contributed by atoms with Crippen LogP contribution >= 0.6 is 24.0 Å². The lowest BCUT2D eigenvalue weighted by Crippen LogP contribution is -2.27. The molecule has 0 aliphatic heterocycles. The number of rotatable bonds is 2. The van der Waals surface area contributed by atoms with Crippen LogP contribution in [0.15, 0.2) is 24.3 Å². The van der Waals surface area contributed by atoms with Gasteiger partial charge in [0.2, 0.25) is 4.38 Å². The van der Waals surface area contributed by atoms with Crippen molar-refractivity contribution < 1.29 is 14.3 Å². The van der Waals surface area contributed by atoms with E-state index in [1.165, 1.54) is 11.8 Å². The van der Waals surface area contributed by atoms with Gasteiger partial charge in [0.15, 0.2) is 0 Å². The Morgan fingerprint density at radius 2 is 2.05 bits per heavy atom. The van der Waals surface area contributed by atoms with Crippen molar-refractivity contribution >= 4 is 40.1 Å². The van der Waals surface area contributed by atoms with Crippen LogP contribution in [0, 0.1) is 0 Å². The largest absolute Gasteiger partial charge is 0.444 e. The average molecular weight is 299 g/mol. The van der Waals surface area contributed by atoms with Crippen LogP contribution in [0.2, 0.25) is 0 Å². The second-order valence-corrected chi connectivity index (χ2v) is 6.12. The zero-order chi connectivity index (χ0) is 14.5. The molecular formula is C13H17NO3S2. The van der Waals surface area contributed by atoms with E-state index in [2.05, 4.69) is 5.32 Å². The van der Waals surface area contributed by atoms with Crippen LogP contribution in [0.3, 0.4) is 0 Å². The molecule has 0 atom stereocenters. The highest BCUT2D eigenvalue weighted by Crippen LogP contribution is 2.20. The maximum absolute atomic E-state index is 11.6. The highest BCUT2D eigenvalue weighted by Gasteiger charge is 2.16. The second-order valence-electron chi connectivity index (χ2n) is 4.71. The number of thioether (sulfide) groups is 1. The first kappa shape index (κ1) is 15.8. The number of carbonyl (C=O) groups excluding carboxylic acids is 1. The van der Waals surface area contributed by atoms with Crippen molar-refractivity contribution in [2.75, 3.05) is 11.6 Å². The molecular weight excluding hydrogens is 282 g/mol. The third-order valence-corrected chi connectivity index (χ3v) is 2.85. The predicted octanol–water partition coefficient (Wildman–Crippen LogP) is 4.06. The first-order valence-electron chi connectivity index (χ1n) is 5.66. The fourth-order valence-corrected chi connectivity index (χ4v) is 1.47. The fraction of sp³-hybridized carbons (Fsp3) is 0.385. The number of benzene rings is 1. The second kappa shape index (κ2) is 6.77. The van der Waals surface area contributed by atoms with E-state index in [9.17, 15) is 4.79 Å². The molecule has 4 nitrogen and oxygen atoms in total. The molecule has 1 amide bonds. The first-order chi connectivity index (χ1) is 8.80. The van der Waals surface area contributed by atoms with Crippen LogP contribution in [0.1, 0.15) is 20.8 Å². The zero-order valence-corrected chi connectivity index (χ0v) is 13.0. The van der Waals surface area contributed by atoms with Gasteiger partial charge in [0.1, 0.15) is 11.4 Å². The van der Waals surface area contributed by atoms with Gasteiger partial charge in [-0.3, -0.25) is 5.32 Å². The summed E-state index contributed by atoms with van der Waals surface area (Å²) in [6, 6.07) is 6.97. The van der Waals surface area contributed by atoms with Crippen molar-refractivity contribution in [1.82, 2.24) is 0 Å². The monoisotopic (exact) mass is 299 g/mol. The molecule has 0 aliphatic carbocycles. The smallest absolute Gasteiger partial charge is 0.412 e. The van der Waals surface area contributed by atoms with E-state index in [0.29, 0.717) is 15.8 Å². The minimum atomic E-state index is -0.529. The maximum Gasteiger partial charge on any atom is 0.412 e. The van der Waals surface area contributed by atoms with Gasteiger partial charge < -0.3 is 9.47 Å². The predicted molar refractivity (Wildman–Crippen MR) is 83.0 cm³/mol. The lowest BCUT2D eigenvalue weighted by atomic mass is 10.2. The summed E-state index contributed by atoms with van der Waals surface area (Å²) in [6.45, 7) is 5.43. The third-order valence-electron chi connectivity index (χ3n) is 1.85. The molecule has 1 aromatic rings. The molecule has 104 valence electrons. The van der Waals surface area contributed by atoms with Gasteiger partial charge in [0.25, 0.3) is 0 Å². The zero-order valence-electron chi connectivity index (χ0n) is 11.4. The van der Waals surface area contributed by atoms with E-state index in [0.717, 1.165) is 0 Å². The van der Waals surface area contributed by atoms with Crippen molar-refractivity contribution in [3.8, 4) is 5.75 Å². The lowest BCUT2D eigenvalue weighted by molar-refractivity contribution is 0.0636. The SMILES string of the molecule is CSC(=S)Oc1cccc(NC(=O)OC(C)(C)C)c1. The lowest BCUT2D eigenvalue weighted by Gasteiger charge is -2.19. The van der Waals surface area contributed by atoms with Crippen molar-refractivity contribution in [3.63, 3.8) is 0 Å². The van der Waals surface area contributed by atoms with Crippen molar-refractivity contribution in [3.05, 3.63) is 24.3 Å². The van der Waals surface area contributed by atoms with Gasteiger partial charge in [0, 0.05) is 11.8 Å². The molecule has 0 saturated carbocycles. The molecule has 1 N–H and O–H groups in total. The molecule has 0 bridgehead atoms. The van der Waals surface area contributed by atoms with Crippen molar-refractivity contribution in [2.24, 2.45) is 0 Å². The summed E-state index contributed by atoms with van der Waals surface area (Å²) in [4.78, 5) is 11.6. The van der Waals surface area contributed by atoms with E-state index >= 15 is 0 Å². The van der Waals surface area contributed by atoms with Gasteiger partial charge in [-0.05, 0) is 51.4 Å². The Kier molecular flexibility index (Phi) is 5.62. The Labute approximate surface area is 122 Å². The summed E-state index contributed by atoms with van der Waals surface area (Å²) in [5.41, 5.74) is 0.0640. The topological polar surface area (TPSA) is 47.6 Å². The molecule has 19 heavy (non-hydrogen) atoms. The van der Waals surface area contributed by atoms with Crippen molar-refractivity contribution in [1.29, 1.82) is 0 Å². The summed E-state index contributed by atoms with van der Waals surface area (Å²) in [5.74, 6) is 0.577. The minimum absolute atomic E-state index is 0.425. The van der Waals surface area contributed by atoms with E-state index in [4.69, 9.17) is 21.7 Å². The highest BCUT2D eigenvalue weighted by atomic mass is 32.2. The number of anilines is 1. The third kappa shape index (κ3) is 6.45. The molecule has 0 unspecified atom stereocenters. The molecule has 0 aliphatic rings. The molecule has 0 saturated heterocycles. The van der Waals surface area contributed by atoms with E-state index in [-0.39, 0.29) is 0 Å². The number of hydrogen-bond acceptors (Lipinski definition) is 5. The van der Waals surface area contributed by atoms with Crippen LogP contribution in [0.5, 0.6) is 5.75 Å². The number of hydrogen-bond donors (Lipinski definition) is 1. The highest BCUT2D eigenvalue weighted by molar-refractivity contribution is 8.22. The number of thiocarbonyl (C=S) groups is 1. The normalized spacial score (nSPS) is 10.7. The quantitative estimate of drug-likeness (QED) is 0.834. The van der Waals surface area contributed by atoms with Crippen LogP contribution < -0.4 is 10.1 Å². The summed E-state index contributed by atoms with van der Waals surface area (Å²) in [5, 5.41) is 2.64. The standard InChI is InChI=1S/C13H17NO3S2/c1-13(2,3)17-11(15)14-9-6-5-7-10(8-9)16-12(18)19-4/h5-8H,1-4H3,(H,14,15). The Morgan fingerprint density at radius 1 is 1.37 bits per heavy atom. The minimum Gasteiger partial charge on any atom is -0.444 e. The fourth-order valence-electron chi connectivity index (χ4n) is 1.20. The number of nitrogens with one attached hydrogen (secondary N) is 1. The molecule has 0 spiro atoms. The molecule has 1 rings (SSSR count). The summed E-state index contributed by atoms with van der Waals surface area (Å²) >= 11 is 6.31. The molecule has 0 aromatic heterocycles. The van der Waals surface area contributed by atoms with Gasteiger partial charge >= 0.3 is 6.09 Å². The van der Waals surface area contributed by atoms with Crippen LogP contribution in [0.4, 0.5) is 10.5 Å². The Hall–Kier alpha value is -1.27. The van der Waals surface area contributed by atoms with Crippen molar-refractivity contribution in [2.45, 2.75) is 26.4 Å². The molecule has 6 heteroatoms. The van der Waals surface area contributed by atoms with Crippen LogP contribution in [-0.4, -0.2) is 22.3 Å². The van der Waals surface area contributed by atoms with Gasteiger partial charge in [-0.15, -0.1) is 0 Å². The number of carbonyl (C=O) groups is 1. The Morgan fingerprint density at radius 3 is 2.63 bits per heavy atom.